The Morgan fingerprint density at radius 2 is 1.94 bits per heavy atom. The van der Waals surface area contributed by atoms with Crippen LogP contribution in [0.3, 0.4) is 0 Å². The maximum Gasteiger partial charge on any atom is 0.113 e. The van der Waals surface area contributed by atoms with Crippen molar-refractivity contribution in [2.45, 2.75) is 20.4 Å². The molecular formula is C13H21N5. The van der Waals surface area contributed by atoms with Gasteiger partial charge in [0.1, 0.15) is 11.0 Å². The topological polar surface area (TPSA) is 56.8 Å². The van der Waals surface area contributed by atoms with E-state index in [0.717, 1.165) is 43.8 Å². The fourth-order valence-electron chi connectivity index (χ4n) is 2.01. The number of aromatic amines is 1. The molecule has 0 aliphatic rings. The summed E-state index contributed by atoms with van der Waals surface area (Å²) in [5, 5.41) is 14.2. The minimum absolute atomic E-state index is 0.879. The van der Waals surface area contributed by atoms with E-state index in [0.29, 0.717) is 0 Å². The lowest BCUT2D eigenvalue weighted by atomic mass is 10.2. The van der Waals surface area contributed by atoms with E-state index in [1.165, 1.54) is 5.56 Å². The van der Waals surface area contributed by atoms with Crippen molar-refractivity contribution in [1.82, 2.24) is 25.6 Å². The Morgan fingerprint density at radius 1 is 1.17 bits per heavy atom. The summed E-state index contributed by atoms with van der Waals surface area (Å²) in [5.74, 6) is 0. The highest BCUT2D eigenvalue weighted by atomic mass is 15.3. The van der Waals surface area contributed by atoms with Gasteiger partial charge in [-0.2, -0.15) is 15.4 Å². The van der Waals surface area contributed by atoms with Gasteiger partial charge in [0.2, 0.25) is 0 Å². The quantitative estimate of drug-likeness (QED) is 0.726. The lowest BCUT2D eigenvalue weighted by molar-refractivity contribution is 0.302. The van der Waals surface area contributed by atoms with Crippen molar-refractivity contribution in [2.24, 2.45) is 0 Å². The maximum atomic E-state index is 4.09. The summed E-state index contributed by atoms with van der Waals surface area (Å²) in [6, 6.07) is 6.17. The summed E-state index contributed by atoms with van der Waals surface area (Å²) >= 11 is 0. The Balaban J connectivity index is 1.79. The predicted molar refractivity (Wildman–Crippen MR) is 73.4 cm³/mol. The third kappa shape index (κ3) is 3.27. The Labute approximate surface area is 108 Å². The van der Waals surface area contributed by atoms with Crippen molar-refractivity contribution in [3.05, 3.63) is 23.8 Å². The van der Waals surface area contributed by atoms with E-state index in [9.17, 15) is 0 Å². The second kappa shape index (κ2) is 6.47. The lowest BCUT2D eigenvalue weighted by Gasteiger charge is -2.17. The zero-order valence-corrected chi connectivity index (χ0v) is 11.1. The molecule has 0 unspecified atom stereocenters. The SMILES string of the molecule is CCN(CC)CCNCc1ccc2n[nH]nc2c1. The zero-order chi connectivity index (χ0) is 12.8. The second-order valence-corrected chi connectivity index (χ2v) is 4.35. The average Bonchev–Trinajstić information content (AvgIpc) is 2.86. The van der Waals surface area contributed by atoms with Gasteiger partial charge in [-0.1, -0.05) is 19.9 Å². The zero-order valence-electron chi connectivity index (χ0n) is 11.1. The van der Waals surface area contributed by atoms with Gasteiger partial charge in [-0.05, 0) is 30.8 Å². The predicted octanol–water partition coefficient (Wildman–Crippen LogP) is 1.39. The number of nitrogens with zero attached hydrogens (tertiary/aromatic N) is 3. The van der Waals surface area contributed by atoms with Gasteiger partial charge in [0.15, 0.2) is 0 Å². The molecule has 98 valence electrons. The van der Waals surface area contributed by atoms with E-state index in [1.54, 1.807) is 0 Å². The lowest BCUT2D eigenvalue weighted by Crippen LogP contribution is -2.31. The summed E-state index contributed by atoms with van der Waals surface area (Å²) in [6.45, 7) is 9.61. The van der Waals surface area contributed by atoms with Crippen LogP contribution in [0.2, 0.25) is 0 Å². The van der Waals surface area contributed by atoms with Crippen LogP contribution in [0.25, 0.3) is 11.0 Å². The molecule has 0 fully saturated rings. The molecule has 1 heterocycles. The number of likely N-dealkylation sites (N-methyl/N-ethyl adjacent to an activating group) is 1. The fraction of sp³-hybridized carbons (Fsp3) is 0.538. The van der Waals surface area contributed by atoms with Crippen LogP contribution in [0.1, 0.15) is 19.4 Å². The molecule has 0 spiro atoms. The molecule has 0 aliphatic carbocycles. The summed E-state index contributed by atoms with van der Waals surface area (Å²) in [7, 11) is 0. The molecule has 5 nitrogen and oxygen atoms in total. The maximum absolute atomic E-state index is 4.09. The molecule has 2 aromatic rings. The van der Waals surface area contributed by atoms with Crippen molar-refractivity contribution in [1.29, 1.82) is 0 Å². The van der Waals surface area contributed by atoms with Crippen LogP contribution in [0.5, 0.6) is 0 Å². The first-order valence-electron chi connectivity index (χ1n) is 6.56. The van der Waals surface area contributed by atoms with E-state index >= 15 is 0 Å². The molecule has 18 heavy (non-hydrogen) atoms. The number of rotatable bonds is 7. The van der Waals surface area contributed by atoms with Gasteiger partial charge in [0, 0.05) is 19.6 Å². The van der Waals surface area contributed by atoms with Gasteiger partial charge in [0.05, 0.1) is 0 Å². The third-order valence-corrected chi connectivity index (χ3v) is 3.21. The van der Waals surface area contributed by atoms with Crippen molar-refractivity contribution < 1.29 is 0 Å². The average molecular weight is 247 g/mol. The highest BCUT2D eigenvalue weighted by Gasteiger charge is 2.01. The Morgan fingerprint density at radius 3 is 2.72 bits per heavy atom. The first-order chi connectivity index (χ1) is 8.83. The molecule has 0 saturated heterocycles. The number of hydrogen-bond donors (Lipinski definition) is 2. The molecule has 0 amide bonds. The van der Waals surface area contributed by atoms with Gasteiger partial charge >= 0.3 is 0 Å². The molecule has 0 aliphatic heterocycles. The van der Waals surface area contributed by atoms with Gasteiger partial charge in [0.25, 0.3) is 0 Å². The second-order valence-electron chi connectivity index (χ2n) is 4.35. The molecule has 0 bridgehead atoms. The molecular weight excluding hydrogens is 226 g/mol. The first-order valence-corrected chi connectivity index (χ1v) is 6.56. The van der Waals surface area contributed by atoms with E-state index < -0.39 is 0 Å². The highest BCUT2D eigenvalue weighted by Crippen LogP contribution is 2.09. The van der Waals surface area contributed by atoms with Crippen LogP contribution >= 0.6 is 0 Å². The van der Waals surface area contributed by atoms with Crippen LogP contribution < -0.4 is 5.32 Å². The molecule has 5 heteroatoms. The van der Waals surface area contributed by atoms with Crippen molar-refractivity contribution >= 4 is 11.0 Å². The fourth-order valence-corrected chi connectivity index (χ4v) is 2.01. The van der Waals surface area contributed by atoms with Crippen LogP contribution in [-0.2, 0) is 6.54 Å². The summed E-state index contributed by atoms with van der Waals surface area (Å²) in [5.41, 5.74) is 3.09. The first kappa shape index (κ1) is 13.0. The molecule has 1 aromatic carbocycles. The van der Waals surface area contributed by atoms with Crippen LogP contribution in [0, 0.1) is 0 Å². The normalized spacial score (nSPS) is 11.5. The van der Waals surface area contributed by atoms with Crippen LogP contribution in [0.4, 0.5) is 0 Å². The summed E-state index contributed by atoms with van der Waals surface area (Å²) < 4.78 is 0. The largest absolute Gasteiger partial charge is 0.311 e. The van der Waals surface area contributed by atoms with Gasteiger partial charge in [-0.25, -0.2) is 0 Å². The highest BCUT2D eigenvalue weighted by molar-refractivity contribution is 5.74. The van der Waals surface area contributed by atoms with E-state index in [2.05, 4.69) is 51.6 Å². The van der Waals surface area contributed by atoms with Crippen molar-refractivity contribution in [2.75, 3.05) is 26.2 Å². The number of aromatic nitrogens is 3. The number of H-pyrrole nitrogens is 1. The smallest absolute Gasteiger partial charge is 0.113 e. The number of nitrogens with one attached hydrogen (secondary N) is 2. The van der Waals surface area contributed by atoms with Crippen LogP contribution in [-0.4, -0.2) is 46.5 Å². The van der Waals surface area contributed by atoms with Gasteiger partial charge < -0.3 is 10.2 Å². The number of benzene rings is 1. The van der Waals surface area contributed by atoms with Gasteiger partial charge in [-0.3, -0.25) is 0 Å². The summed E-state index contributed by atoms with van der Waals surface area (Å²) in [4.78, 5) is 2.41. The molecule has 0 atom stereocenters. The third-order valence-electron chi connectivity index (χ3n) is 3.21. The molecule has 1 aromatic heterocycles. The Hall–Kier alpha value is -1.46. The Bertz CT molecular complexity index is 475. The molecule has 2 N–H and O–H groups in total. The van der Waals surface area contributed by atoms with Crippen molar-refractivity contribution in [3.63, 3.8) is 0 Å². The minimum atomic E-state index is 0.879. The molecule has 2 rings (SSSR count). The van der Waals surface area contributed by atoms with Crippen molar-refractivity contribution in [3.8, 4) is 0 Å². The molecule has 0 saturated carbocycles. The van der Waals surface area contributed by atoms with E-state index in [1.807, 2.05) is 6.07 Å². The molecule has 0 radical (unpaired) electrons. The van der Waals surface area contributed by atoms with E-state index in [-0.39, 0.29) is 0 Å². The number of fused-ring (bicyclic) bond motifs is 1. The van der Waals surface area contributed by atoms with Crippen LogP contribution in [0.15, 0.2) is 18.2 Å². The standard InChI is InChI=1S/C13H21N5/c1-3-18(4-2)8-7-14-10-11-5-6-12-13(9-11)16-17-15-12/h5-6,9,14H,3-4,7-8,10H2,1-2H3,(H,15,16,17). The minimum Gasteiger partial charge on any atom is -0.311 e. The Kier molecular flexibility index (Phi) is 4.66. The summed E-state index contributed by atoms with van der Waals surface area (Å²) in [6.07, 6.45) is 0. The number of hydrogen-bond acceptors (Lipinski definition) is 4. The monoisotopic (exact) mass is 247 g/mol. The van der Waals surface area contributed by atoms with E-state index in [4.69, 9.17) is 0 Å². The van der Waals surface area contributed by atoms with Gasteiger partial charge in [-0.15, -0.1) is 0 Å².